The Morgan fingerprint density at radius 2 is 1.03 bits per heavy atom. The number of hydrogen-bond donors (Lipinski definition) is 0. The maximum atomic E-state index is 3.86. The summed E-state index contributed by atoms with van der Waals surface area (Å²) in [7, 11) is 0. The largest absolute Gasteiger partial charge is 0.103 e. The molecular weight excluding hydrogens is 432 g/mol. The van der Waals surface area contributed by atoms with Gasteiger partial charge in [0.05, 0.1) is 0 Å². The van der Waals surface area contributed by atoms with Gasteiger partial charge in [0.1, 0.15) is 0 Å². The maximum Gasteiger partial charge on any atom is 0 e. The Hall–Kier alpha value is -2.34. The van der Waals surface area contributed by atoms with Crippen LogP contribution in [0.1, 0.15) is 123 Å². The maximum absolute atomic E-state index is 3.86. The average Bonchev–Trinajstić information content (AvgIpc) is 2.89. The normalized spacial score (nSPS) is 7.67. The SMILES string of the molecule is C=C(C)C.C=C/C(=C\C)C(=C)/C=C\C.C=CC.CC.CC.CC.CC.CC.Cc1ccc(C)c(C)c1.[HH].[HH]. The van der Waals surface area contributed by atoms with Crippen LogP contribution in [-0.4, -0.2) is 0 Å². The Labute approximate surface area is 235 Å². The molecule has 1 rings (SSSR count). The van der Waals surface area contributed by atoms with Crippen molar-refractivity contribution in [3.05, 3.63) is 108 Å². The van der Waals surface area contributed by atoms with E-state index in [0.29, 0.717) is 0 Å². The fourth-order valence-corrected chi connectivity index (χ4v) is 1.62. The van der Waals surface area contributed by atoms with Gasteiger partial charge in [-0.2, -0.15) is 0 Å². The van der Waals surface area contributed by atoms with Gasteiger partial charge in [0.25, 0.3) is 0 Å². The van der Waals surface area contributed by atoms with Crippen molar-refractivity contribution < 1.29 is 2.85 Å². The summed E-state index contributed by atoms with van der Waals surface area (Å²) in [5.74, 6) is 0. The third kappa shape index (κ3) is 63.4. The molecule has 0 aliphatic rings. The van der Waals surface area contributed by atoms with Crippen LogP contribution in [0.2, 0.25) is 0 Å². The van der Waals surface area contributed by atoms with Gasteiger partial charge in [0, 0.05) is 2.85 Å². The predicted molar refractivity (Wildman–Crippen MR) is 186 cm³/mol. The fraction of sp³-hybridized carbons (Fsp3) is 0.500. The van der Waals surface area contributed by atoms with Crippen molar-refractivity contribution in [2.45, 2.75) is 125 Å². The van der Waals surface area contributed by atoms with E-state index in [0.717, 1.165) is 11.1 Å². The van der Waals surface area contributed by atoms with E-state index in [4.69, 9.17) is 0 Å². The lowest BCUT2D eigenvalue weighted by atomic mass is 10.1. The van der Waals surface area contributed by atoms with Crippen LogP contribution in [0.4, 0.5) is 0 Å². The second-order valence-electron chi connectivity index (χ2n) is 6.18. The Bertz CT molecular complexity index is 614. The molecule has 0 saturated heterocycles. The average molecular weight is 507 g/mol. The summed E-state index contributed by atoms with van der Waals surface area (Å²) in [5, 5.41) is 0. The molecule has 218 valence electrons. The van der Waals surface area contributed by atoms with E-state index in [1.807, 2.05) is 128 Å². The lowest BCUT2D eigenvalue weighted by molar-refractivity contribution is 1.30. The molecule has 0 bridgehead atoms. The van der Waals surface area contributed by atoms with Gasteiger partial charge in [0.2, 0.25) is 0 Å². The third-order valence-electron chi connectivity index (χ3n) is 2.93. The molecule has 36 heavy (non-hydrogen) atoms. The molecule has 0 radical (unpaired) electrons. The summed E-state index contributed by atoms with van der Waals surface area (Å²) >= 11 is 0. The van der Waals surface area contributed by atoms with Gasteiger partial charge in [-0.3, -0.25) is 0 Å². The van der Waals surface area contributed by atoms with Crippen molar-refractivity contribution in [1.29, 1.82) is 0 Å². The zero-order valence-corrected chi connectivity index (χ0v) is 28.4. The van der Waals surface area contributed by atoms with Crippen molar-refractivity contribution in [1.82, 2.24) is 0 Å². The van der Waals surface area contributed by atoms with E-state index < -0.39 is 0 Å². The van der Waals surface area contributed by atoms with Crippen molar-refractivity contribution in [2.24, 2.45) is 0 Å². The van der Waals surface area contributed by atoms with Crippen LogP contribution in [0.5, 0.6) is 0 Å². The quantitative estimate of drug-likeness (QED) is 0.282. The highest BCUT2D eigenvalue weighted by molar-refractivity contribution is 5.43. The van der Waals surface area contributed by atoms with E-state index in [1.165, 1.54) is 22.3 Å². The van der Waals surface area contributed by atoms with E-state index in [1.54, 1.807) is 6.08 Å². The smallest absolute Gasteiger partial charge is 0 e. The number of aryl methyl sites for hydroxylation is 3. The van der Waals surface area contributed by atoms with Crippen molar-refractivity contribution in [2.75, 3.05) is 0 Å². The summed E-state index contributed by atoms with van der Waals surface area (Å²) in [4.78, 5) is 0. The van der Waals surface area contributed by atoms with Crippen LogP contribution in [0, 0.1) is 20.8 Å². The first kappa shape index (κ1) is 54.5. The summed E-state index contributed by atoms with van der Waals surface area (Å²) in [5.41, 5.74) is 7.38. The number of benzene rings is 1. The first-order chi connectivity index (χ1) is 17.1. The van der Waals surface area contributed by atoms with E-state index in [2.05, 4.69) is 65.3 Å². The molecule has 0 saturated carbocycles. The summed E-state index contributed by atoms with van der Waals surface area (Å²) in [6, 6.07) is 6.50. The monoisotopic (exact) mass is 507 g/mol. The van der Waals surface area contributed by atoms with Gasteiger partial charge in [-0.05, 0) is 77.7 Å². The van der Waals surface area contributed by atoms with Crippen molar-refractivity contribution >= 4 is 0 Å². The fourth-order valence-electron chi connectivity index (χ4n) is 1.62. The van der Waals surface area contributed by atoms with Crippen LogP contribution < -0.4 is 0 Å². The zero-order valence-electron chi connectivity index (χ0n) is 28.4. The molecule has 0 aliphatic heterocycles. The van der Waals surface area contributed by atoms with Crippen molar-refractivity contribution in [3.8, 4) is 0 Å². The highest BCUT2D eigenvalue weighted by Gasteiger charge is 1.89. The molecule has 0 spiro atoms. The second kappa shape index (κ2) is 58.5. The van der Waals surface area contributed by atoms with Crippen LogP contribution in [0.3, 0.4) is 0 Å². The molecule has 0 atom stereocenters. The standard InChI is InChI=1S/C10H14.C9H12.C4H8.C3H6.5C2H6.2H2/c1-5-8-9(4)10(6-2)7-3;1-7-4-5-8(2)9(3)6-7;1-4(2)3;1-3-2;5*1-2;;/h5-8H,2,4H2,1,3H3;4-6H,1-3H3;1H2,2-3H3;3H,1H2,2H3;5*1-2H3;2*1H/b8-5-,10-7+;;;;;;;;;;. The molecule has 1 aromatic carbocycles. The van der Waals surface area contributed by atoms with E-state index in [-0.39, 0.29) is 2.85 Å². The molecule has 0 unspecified atom stereocenters. The van der Waals surface area contributed by atoms with Crippen LogP contribution in [-0.2, 0) is 0 Å². The first-order valence-corrected chi connectivity index (χ1v) is 13.9. The molecule has 0 amide bonds. The van der Waals surface area contributed by atoms with Crippen molar-refractivity contribution in [3.63, 3.8) is 0 Å². The molecule has 0 aromatic heterocycles. The number of allylic oxidation sites excluding steroid dienone is 8. The topological polar surface area (TPSA) is 0 Å². The van der Waals surface area contributed by atoms with Gasteiger partial charge < -0.3 is 0 Å². The van der Waals surface area contributed by atoms with Gasteiger partial charge in [-0.15, -0.1) is 13.2 Å². The second-order valence-corrected chi connectivity index (χ2v) is 6.18. The van der Waals surface area contributed by atoms with Gasteiger partial charge in [-0.25, -0.2) is 0 Å². The first-order valence-electron chi connectivity index (χ1n) is 13.9. The van der Waals surface area contributed by atoms with Gasteiger partial charge >= 0.3 is 0 Å². The summed E-state index contributed by atoms with van der Waals surface area (Å²) in [6.07, 6.45) is 9.49. The molecule has 1 aromatic rings. The Kier molecular flexibility index (Phi) is 88.6. The highest BCUT2D eigenvalue weighted by atomic mass is 14.0. The summed E-state index contributed by atoms with van der Waals surface area (Å²) < 4.78 is 0. The minimum atomic E-state index is 0. The minimum Gasteiger partial charge on any atom is -0.103 e. The molecule has 0 N–H and O–H groups in total. The Morgan fingerprint density at radius 3 is 1.22 bits per heavy atom. The molecule has 0 heterocycles. The third-order valence-corrected chi connectivity index (χ3v) is 2.93. The molecule has 0 heteroatoms. The zero-order chi connectivity index (χ0) is 31.1. The van der Waals surface area contributed by atoms with E-state index in [9.17, 15) is 0 Å². The lowest BCUT2D eigenvalue weighted by Gasteiger charge is -1.98. The predicted octanol–water partition coefficient (Wildman–Crippen LogP) is 14.3. The molecular formula is C36H74. The molecule has 0 fully saturated rings. The number of hydrogen-bond acceptors (Lipinski definition) is 0. The van der Waals surface area contributed by atoms with Crippen LogP contribution in [0.15, 0.2) is 91.6 Å². The van der Waals surface area contributed by atoms with E-state index >= 15 is 0 Å². The van der Waals surface area contributed by atoms with Gasteiger partial charge in [-0.1, -0.05) is 142 Å². The lowest BCUT2D eigenvalue weighted by Crippen LogP contribution is -1.79. The minimum absolute atomic E-state index is 0. The Balaban J connectivity index is -0.0000000321. The molecule has 0 nitrogen and oxygen atoms in total. The van der Waals surface area contributed by atoms with Crippen LogP contribution in [0.25, 0.3) is 0 Å². The summed E-state index contributed by atoms with van der Waals surface area (Å²) in [6.45, 7) is 50.6. The van der Waals surface area contributed by atoms with Crippen LogP contribution >= 0.6 is 0 Å². The highest BCUT2D eigenvalue weighted by Crippen LogP contribution is 2.09. The Morgan fingerprint density at radius 1 is 0.694 bits per heavy atom. The van der Waals surface area contributed by atoms with Gasteiger partial charge in [0.15, 0.2) is 0 Å². The number of rotatable bonds is 3. The molecule has 0 aliphatic carbocycles.